The van der Waals surface area contributed by atoms with Crippen molar-refractivity contribution in [2.45, 2.75) is 77.6 Å². The average molecular weight is 454 g/mol. The van der Waals surface area contributed by atoms with Crippen LogP contribution in [0.5, 0.6) is 11.5 Å². The Kier molecular flexibility index (Phi) is 6.56. The Morgan fingerprint density at radius 3 is 2.16 bits per heavy atom. The van der Waals surface area contributed by atoms with Crippen LogP contribution in [0.1, 0.15) is 66.5 Å². The van der Waals surface area contributed by atoms with Crippen LogP contribution < -0.4 is 9.16 Å². The first-order valence-corrected chi connectivity index (χ1v) is 13.5. The second kappa shape index (κ2) is 8.74. The molecule has 172 valence electrons. The van der Waals surface area contributed by atoms with Gasteiger partial charge in [0.1, 0.15) is 17.1 Å². The predicted molar refractivity (Wildman–Crippen MR) is 134 cm³/mol. The molecule has 0 spiro atoms. The maximum absolute atomic E-state index is 11.2. The molecule has 5 nitrogen and oxygen atoms in total. The fourth-order valence-electron chi connectivity index (χ4n) is 5.22. The molecule has 1 aliphatic heterocycles. The van der Waals surface area contributed by atoms with Crippen molar-refractivity contribution < 1.29 is 14.1 Å². The molecule has 0 radical (unpaired) electrons. The van der Waals surface area contributed by atoms with E-state index in [1.54, 1.807) is 12.1 Å². The Morgan fingerprint density at radius 1 is 0.969 bits per heavy atom. The van der Waals surface area contributed by atoms with Gasteiger partial charge in [0, 0.05) is 29.3 Å². The summed E-state index contributed by atoms with van der Waals surface area (Å²) in [5.41, 5.74) is 3.54. The highest BCUT2D eigenvalue weighted by Gasteiger charge is 2.47. The van der Waals surface area contributed by atoms with E-state index >= 15 is 0 Å². The number of fused-ring (bicyclic) bond motifs is 1. The summed E-state index contributed by atoms with van der Waals surface area (Å²) in [5.74, 6) is 1.63. The summed E-state index contributed by atoms with van der Waals surface area (Å²) in [7, 11) is -2.07. The molecule has 0 aliphatic carbocycles. The summed E-state index contributed by atoms with van der Waals surface area (Å²) in [6.07, 6.45) is 2.07. The van der Waals surface area contributed by atoms with E-state index in [1.165, 1.54) is 6.07 Å². The Bertz CT molecular complexity index is 1020. The third-order valence-electron chi connectivity index (χ3n) is 6.67. The van der Waals surface area contributed by atoms with Crippen LogP contribution in [0.25, 0.3) is 11.6 Å². The van der Waals surface area contributed by atoms with Crippen LogP contribution in [0.3, 0.4) is 0 Å². The van der Waals surface area contributed by atoms with Gasteiger partial charge in [0.05, 0.1) is 4.92 Å². The molecule has 1 aliphatic rings. The van der Waals surface area contributed by atoms with Crippen molar-refractivity contribution in [3.05, 3.63) is 63.7 Å². The first-order valence-electron chi connectivity index (χ1n) is 11.4. The Hall–Kier alpha value is -2.60. The monoisotopic (exact) mass is 453 g/mol. The summed E-state index contributed by atoms with van der Waals surface area (Å²) in [6.45, 7) is 17.6. The van der Waals surface area contributed by atoms with E-state index in [0.29, 0.717) is 16.6 Å². The van der Waals surface area contributed by atoms with Gasteiger partial charge < -0.3 is 9.16 Å². The maximum Gasteiger partial charge on any atom is 0.270 e. The van der Waals surface area contributed by atoms with Gasteiger partial charge in [-0.1, -0.05) is 53.7 Å². The van der Waals surface area contributed by atoms with Crippen LogP contribution in [-0.2, 0) is 0 Å². The molecule has 0 fully saturated rings. The van der Waals surface area contributed by atoms with E-state index in [0.717, 1.165) is 28.2 Å². The number of non-ortho nitro benzene ring substituents is 1. The number of nitro benzene ring substituents is 1. The molecule has 0 amide bonds. The highest BCUT2D eigenvalue weighted by Crippen LogP contribution is 2.46. The second-order valence-electron chi connectivity index (χ2n) is 10.1. The molecule has 2 aromatic carbocycles. The third-order valence-corrected chi connectivity index (χ3v) is 12.7. The molecule has 0 aromatic heterocycles. The van der Waals surface area contributed by atoms with Crippen LogP contribution in [0.2, 0.25) is 16.6 Å². The van der Waals surface area contributed by atoms with Gasteiger partial charge >= 0.3 is 0 Å². The van der Waals surface area contributed by atoms with Crippen molar-refractivity contribution in [2.24, 2.45) is 0 Å². The van der Waals surface area contributed by atoms with Crippen molar-refractivity contribution >= 4 is 25.7 Å². The minimum atomic E-state index is -2.07. The van der Waals surface area contributed by atoms with E-state index in [-0.39, 0.29) is 10.6 Å². The van der Waals surface area contributed by atoms with Gasteiger partial charge in [0.15, 0.2) is 0 Å². The fraction of sp³-hybridized carbons (Fsp3) is 0.462. The summed E-state index contributed by atoms with van der Waals surface area (Å²) in [6, 6.07) is 12.8. The zero-order valence-electron chi connectivity index (χ0n) is 20.4. The third kappa shape index (κ3) is 4.33. The van der Waals surface area contributed by atoms with Gasteiger partial charge in [-0.2, -0.15) is 0 Å². The van der Waals surface area contributed by atoms with Crippen molar-refractivity contribution in [3.63, 3.8) is 0 Å². The molecule has 0 saturated heterocycles. The van der Waals surface area contributed by atoms with Crippen LogP contribution in [0, 0.1) is 10.1 Å². The van der Waals surface area contributed by atoms with Gasteiger partial charge in [-0.05, 0) is 54.2 Å². The maximum atomic E-state index is 11.2. The van der Waals surface area contributed by atoms with Crippen molar-refractivity contribution in [2.75, 3.05) is 0 Å². The lowest BCUT2D eigenvalue weighted by Gasteiger charge is -2.42. The number of nitrogens with zero attached hydrogens (tertiary/aromatic N) is 1. The molecule has 0 saturated carbocycles. The van der Waals surface area contributed by atoms with Gasteiger partial charge in [0.2, 0.25) is 0 Å². The molecule has 0 unspecified atom stereocenters. The molecule has 6 heteroatoms. The van der Waals surface area contributed by atoms with Crippen molar-refractivity contribution in [1.82, 2.24) is 0 Å². The molecule has 3 rings (SSSR count). The van der Waals surface area contributed by atoms with Crippen LogP contribution in [-0.4, -0.2) is 18.8 Å². The zero-order valence-corrected chi connectivity index (χ0v) is 21.4. The van der Waals surface area contributed by atoms with E-state index in [4.69, 9.17) is 9.16 Å². The molecular formula is C26H35NO4Si. The normalized spacial score (nSPS) is 15.4. The molecular weight excluding hydrogens is 418 g/mol. The number of hydrogen-bond acceptors (Lipinski definition) is 4. The average Bonchev–Trinajstić information content (AvgIpc) is 2.69. The van der Waals surface area contributed by atoms with E-state index in [1.807, 2.05) is 38.1 Å². The molecule has 1 heterocycles. The number of ether oxygens (including phenoxy) is 1. The molecule has 2 aromatic rings. The summed E-state index contributed by atoms with van der Waals surface area (Å²) >= 11 is 0. The topological polar surface area (TPSA) is 61.6 Å². The minimum Gasteiger partial charge on any atom is -0.543 e. The number of nitro groups is 1. The highest BCUT2D eigenvalue weighted by atomic mass is 28.4. The van der Waals surface area contributed by atoms with E-state index < -0.39 is 13.9 Å². The number of benzene rings is 2. The van der Waals surface area contributed by atoms with Gasteiger partial charge in [-0.15, -0.1) is 0 Å². The lowest BCUT2D eigenvalue weighted by Crippen LogP contribution is -2.50. The SMILES string of the molecule is CC(C)[Si](Oc1ccc2c(c1)OC(C)(C)C(c1cccc([N+](=O)[O-])c1)=C2)(C(C)C)C(C)C. The van der Waals surface area contributed by atoms with Crippen molar-refractivity contribution in [1.29, 1.82) is 0 Å². The van der Waals surface area contributed by atoms with Gasteiger partial charge in [0.25, 0.3) is 14.0 Å². The standard InChI is InChI=1S/C26H35NO4Si/c1-17(2)32(18(3)4,19(5)6)31-23-13-12-21-15-24(26(7,8)30-25(21)16-23)20-10-9-11-22(14-20)27(28)29/h9-19H,1-8H3. The first kappa shape index (κ1) is 24.0. The molecule has 0 atom stereocenters. The second-order valence-corrected chi connectivity index (χ2v) is 15.5. The molecule has 0 bridgehead atoms. The van der Waals surface area contributed by atoms with Gasteiger partial charge in [-0.3, -0.25) is 10.1 Å². The quantitative estimate of drug-likeness (QED) is 0.243. The Labute approximate surface area is 192 Å². The van der Waals surface area contributed by atoms with Gasteiger partial charge in [-0.25, -0.2) is 0 Å². The van der Waals surface area contributed by atoms with Crippen LogP contribution >= 0.6 is 0 Å². The largest absolute Gasteiger partial charge is 0.543 e. The first-order chi connectivity index (χ1) is 14.9. The Balaban J connectivity index is 2.02. The highest BCUT2D eigenvalue weighted by molar-refractivity contribution is 6.78. The molecule has 32 heavy (non-hydrogen) atoms. The van der Waals surface area contributed by atoms with Crippen molar-refractivity contribution in [3.8, 4) is 11.5 Å². The summed E-state index contributed by atoms with van der Waals surface area (Å²) < 4.78 is 13.3. The number of rotatable bonds is 7. The minimum absolute atomic E-state index is 0.0751. The molecule has 0 N–H and O–H groups in total. The lowest BCUT2D eigenvalue weighted by atomic mass is 9.87. The summed E-state index contributed by atoms with van der Waals surface area (Å²) in [5, 5.41) is 11.2. The Morgan fingerprint density at radius 2 is 1.59 bits per heavy atom. The van der Waals surface area contributed by atoms with E-state index in [2.05, 4.69) is 47.6 Å². The van der Waals surface area contributed by atoms with Crippen LogP contribution in [0.4, 0.5) is 5.69 Å². The van der Waals surface area contributed by atoms with E-state index in [9.17, 15) is 10.1 Å². The predicted octanol–water partition coefficient (Wildman–Crippen LogP) is 7.86. The van der Waals surface area contributed by atoms with Crippen LogP contribution in [0.15, 0.2) is 42.5 Å². The zero-order chi connectivity index (χ0) is 23.8. The lowest BCUT2D eigenvalue weighted by molar-refractivity contribution is -0.384. The fourth-order valence-corrected chi connectivity index (χ4v) is 10.5. The smallest absolute Gasteiger partial charge is 0.270 e. The number of hydrogen-bond donors (Lipinski definition) is 0. The summed E-state index contributed by atoms with van der Waals surface area (Å²) in [4.78, 5) is 10.9.